The van der Waals surface area contributed by atoms with E-state index in [1.807, 2.05) is 0 Å². The molecule has 2 fully saturated rings. The molecule has 19 heavy (non-hydrogen) atoms. The van der Waals surface area contributed by atoms with Gasteiger partial charge in [-0.25, -0.2) is 0 Å². The number of hydrogen-bond donors (Lipinski definition) is 3. The number of carbonyl (C=O) groups is 2. The monoisotopic (exact) mass is 269 g/mol. The molecule has 5 heteroatoms. The second kappa shape index (κ2) is 5.90. The van der Waals surface area contributed by atoms with Crippen molar-refractivity contribution in [2.75, 3.05) is 0 Å². The van der Waals surface area contributed by atoms with Crippen molar-refractivity contribution in [2.24, 2.45) is 5.41 Å². The van der Waals surface area contributed by atoms with Crippen molar-refractivity contribution in [3.63, 3.8) is 0 Å². The Bertz CT molecular complexity index is 325. The number of rotatable bonds is 4. The summed E-state index contributed by atoms with van der Waals surface area (Å²) in [4.78, 5) is 22.4. The Hall–Kier alpha value is -1.10. The largest absolute Gasteiger partial charge is 0.480 e. The summed E-state index contributed by atoms with van der Waals surface area (Å²) in [5.74, 6) is -2.37. The summed E-state index contributed by atoms with van der Waals surface area (Å²) in [5.41, 5.74) is -1.55. The molecule has 0 aromatic carbocycles. The molecule has 0 aromatic heterocycles. The molecule has 0 aromatic rings. The van der Waals surface area contributed by atoms with Gasteiger partial charge in [0.1, 0.15) is 0 Å². The second-order valence-corrected chi connectivity index (χ2v) is 5.97. The first-order valence-electron chi connectivity index (χ1n) is 7.27. The second-order valence-electron chi connectivity index (χ2n) is 5.97. The predicted octanol–water partition coefficient (Wildman–Crippen LogP) is 2.01. The van der Waals surface area contributed by atoms with Crippen LogP contribution in [0.15, 0.2) is 0 Å². The summed E-state index contributed by atoms with van der Waals surface area (Å²) in [7, 11) is 0. The quantitative estimate of drug-likeness (QED) is 0.680. The fraction of sp³-hybridized carbons (Fsp3) is 0.857. The van der Waals surface area contributed by atoms with Crippen LogP contribution in [0.4, 0.5) is 0 Å². The Morgan fingerprint density at radius 2 is 1.32 bits per heavy atom. The number of carboxylic acid groups (broad SMARTS) is 2. The lowest BCUT2D eigenvalue weighted by molar-refractivity contribution is -0.167. The van der Waals surface area contributed by atoms with Gasteiger partial charge in [-0.05, 0) is 38.5 Å². The van der Waals surface area contributed by atoms with Gasteiger partial charge in [-0.15, -0.1) is 0 Å². The van der Waals surface area contributed by atoms with Crippen LogP contribution >= 0.6 is 0 Å². The molecule has 0 amide bonds. The third-order valence-electron chi connectivity index (χ3n) is 4.73. The molecule has 0 heterocycles. The molecule has 0 unspecified atom stereocenters. The number of nitrogens with one attached hydrogen (secondary N) is 1. The maximum absolute atomic E-state index is 11.2. The molecule has 0 atom stereocenters. The van der Waals surface area contributed by atoms with Crippen molar-refractivity contribution in [3.8, 4) is 0 Å². The zero-order valence-electron chi connectivity index (χ0n) is 11.2. The molecule has 0 bridgehead atoms. The maximum atomic E-state index is 11.2. The Kier molecular flexibility index (Phi) is 4.45. The molecule has 5 nitrogen and oxygen atoms in total. The van der Waals surface area contributed by atoms with Crippen LogP contribution in [0.5, 0.6) is 0 Å². The standard InChI is InChI=1S/C14H23NO4/c16-12(17)14(13(18)19)8-6-11(7-9-14)15-10-4-2-1-3-5-10/h10-11,15H,1-9H2,(H,16,17)(H,18,19). The van der Waals surface area contributed by atoms with Crippen LogP contribution < -0.4 is 5.32 Å². The van der Waals surface area contributed by atoms with E-state index in [0.717, 1.165) is 0 Å². The molecule has 0 radical (unpaired) electrons. The summed E-state index contributed by atoms with van der Waals surface area (Å²) in [5, 5.41) is 21.9. The minimum Gasteiger partial charge on any atom is -0.480 e. The van der Waals surface area contributed by atoms with Crippen LogP contribution in [-0.2, 0) is 9.59 Å². The first-order valence-corrected chi connectivity index (χ1v) is 7.27. The summed E-state index contributed by atoms with van der Waals surface area (Å²) in [6.07, 6.45) is 7.99. The minimum atomic E-state index is -1.55. The third kappa shape index (κ3) is 3.08. The van der Waals surface area contributed by atoms with Crippen molar-refractivity contribution < 1.29 is 19.8 Å². The molecular weight excluding hydrogens is 246 g/mol. The normalized spacial score (nSPS) is 25.1. The Morgan fingerprint density at radius 3 is 1.79 bits per heavy atom. The van der Waals surface area contributed by atoms with E-state index in [9.17, 15) is 9.59 Å². The van der Waals surface area contributed by atoms with Crippen LogP contribution in [0.25, 0.3) is 0 Å². The number of aliphatic carboxylic acids is 2. The molecular formula is C14H23NO4. The lowest BCUT2D eigenvalue weighted by Crippen LogP contribution is -2.48. The summed E-state index contributed by atoms with van der Waals surface area (Å²) < 4.78 is 0. The predicted molar refractivity (Wildman–Crippen MR) is 70.0 cm³/mol. The Balaban J connectivity index is 1.87. The van der Waals surface area contributed by atoms with E-state index >= 15 is 0 Å². The first kappa shape index (κ1) is 14.3. The van der Waals surface area contributed by atoms with E-state index in [0.29, 0.717) is 18.9 Å². The zero-order chi connectivity index (χ0) is 13.9. The van der Waals surface area contributed by atoms with Crippen molar-refractivity contribution >= 4 is 11.9 Å². The molecule has 3 N–H and O–H groups in total. The molecule has 0 spiro atoms. The Morgan fingerprint density at radius 1 is 0.842 bits per heavy atom. The molecule has 108 valence electrons. The van der Waals surface area contributed by atoms with Gasteiger partial charge in [-0.2, -0.15) is 0 Å². The average Bonchev–Trinajstić information content (AvgIpc) is 2.40. The zero-order valence-corrected chi connectivity index (χ0v) is 11.2. The highest BCUT2D eigenvalue weighted by molar-refractivity contribution is 5.98. The minimum absolute atomic E-state index is 0.238. The highest BCUT2D eigenvalue weighted by Gasteiger charge is 2.48. The highest BCUT2D eigenvalue weighted by atomic mass is 16.4. The Labute approximate surface area is 113 Å². The number of hydrogen-bond acceptors (Lipinski definition) is 3. The molecule has 2 aliphatic rings. The summed E-state index contributed by atoms with van der Waals surface area (Å²) >= 11 is 0. The van der Waals surface area contributed by atoms with Gasteiger partial charge in [0, 0.05) is 12.1 Å². The highest BCUT2D eigenvalue weighted by Crippen LogP contribution is 2.37. The van der Waals surface area contributed by atoms with Crippen molar-refractivity contribution in [3.05, 3.63) is 0 Å². The first-order chi connectivity index (χ1) is 9.04. The third-order valence-corrected chi connectivity index (χ3v) is 4.73. The maximum Gasteiger partial charge on any atom is 0.321 e. The topological polar surface area (TPSA) is 86.6 Å². The van der Waals surface area contributed by atoms with Gasteiger partial charge in [0.15, 0.2) is 5.41 Å². The van der Waals surface area contributed by atoms with E-state index in [2.05, 4.69) is 5.32 Å². The van der Waals surface area contributed by atoms with Crippen molar-refractivity contribution in [1.82, 2.24) is 5.32 Å². The van der Waals surface area contributed by atoms with E-state index in [4.69, 9.17) is 10.2 Å². The molecule has 2 saturated carbocycles. The van der Waals surface area contributed by atoms with Crippen LogP contribution in [-0.4, -0.2) is 34.2 Å². The molecule has 2 aliphatic carbocycles. The smallest absolute Gasteiger partial charge is 0.321 e. The van der Waals surface area contributed by atoms with Gasteiger partial charge in [-0.3, -0.25) is 9.59 Å². The lowest BCUT2D eigenvalue weighted by Gasteiger charge is -2.36. The summed E-state index contributed by atoms with van der Waals surface area (Å²) in [6.45, 7) is 0. The van der Waals surface area contributed by atoms with Crippen LogP contribution in [0.1, 0.15) is 57.8 Å². The van der Waals surface area contributed by atoms with Gasteiger partial charge < -0.3 is 15.5 Å². The van der Waals surface area contributed by atoms with E-state index in [1.54, 1.807) is 0 Å². The van der Waals surface area contributed by atoms with Crippen LogP contribution in [0.2, 0.25) is 0 Å². The van der Waals surface area contributed by atoms with Gasteiger partial charge in [0.25, 0.3) is 0 Å². The lowest BCUT2D eigenvalue weighted by atomic mass is 9.72. The van der Waals surface area contributed by atoms with E-state index in [1.165, 1.54) is 32.1 Å². The molecule has 0 aliphatic heterocycles. The molecule has 0 saturated heterocycles. The average molecular weight is 269 g/mol. The fourth-order valence-electron chi connectivity index (χ4n) is 3.40. The van der Waals surface area contributed by atoms with Gasteiger partial charge >= 0.3 is 11.9 Å². The fourth-order valence-corrected chi connectivity index (χ4v) is 3.40. The summed E-state index contributed by atoms with van der Waals surface area (Å²) in [6, 6.07) is 0.829. The van der Waals surface area contributed by atoms with Crippen molar-refractivity contribution in [2.45, 2.75) is 69.9 Å². The van der Waals surface area contributed by atoms with Gasteiger partial charge in [0.05, 0.1) is 0 Å². The van der Waals surface area contributed by atoms with Crippen LogP contribution in [0, 0.1) is 5.41 Å². The number of carboxylic acids is 2. The van der Waals surface area contributed by atoms with Gasteiger partial charge in [0.2, 0.25) is 0 Å². The van der Waals surface area contributed by atoms with Crippen LogP contribution in [0.3, 0.4) is 0 Å². The van der Waals surface area contributed by atoms with Gasteiger partial charge in [-0.1, -0.05) is 19.3 Å². The van der Waals surface area contributed by atoms with E-state index in [-0.39, 0.29) is 18.9 Å². The van der Waals surface area contributed by atoms with E-state index < -0.39 is 17.4 Å². The SMILES string of the molecule is O=C(O)C1(C(=O)O)CCC(NC2CCCCC2)CC1. The van der Waals surface area contributed by atoms with Crippen molar-refractivity contribution in [1.29, 1.82) is 0 Å². The molecule has 2 rings (SSSR count).